The third-order valence-electron chi connectivity index (χ3n) is 10.5. The number of nitrogens with zero attached hydrogens (tertiary/aromatic N) is 2. The van der Waals surface area contributed by atoms with Crippen molar-refractivity contribution in [3.05, 3.63) is 93.9 Å². The lowest BCUT2D eigenvalue weighted by Gasteiger charge is -2.34. The highest BCUT2D eigenvalue weighted by molar-refractivity contribution is 6.24. The molecule has 2 heterocycles. The zero-order valence-electron chi connectivity index (χ0n) is 33.7. The van der Waals surface area contributed by atoms with E-state index in [1.54, 1.807) is 45.1 Å². The highest BCUT2D eigenvalue weighted by Crippen LogP contribution is 2.29. The second-order valence-corrected chi connectivity index (χ2v) is 14.9. The molecular formula is C42H55N5O10. The predicted octanol–water partition coefficient (Wildman–Crippen LogP) is 2.86. The summed E-state index contributed by atoms with van der Waals surface area (Å²) in [4.78, 5) is 82.2. The highest BCUT2D eigenvalue weighted by Gasteiger charge is 2.34. The third-order valence-corrected chi connectivity index (χ3v) is 10.5. The fourth-order valence-corrected chi connectivity index (χ4v) is 7.15. The van der Waals surface area contributed by atoms with E-state index in [4.69, 9.17) is 19.9 Å². The van der Waals surface area contributed by atoms with Crippen LogP contribution in [0.4, 0.5) is 4.79 Å². The number of methoxy groups -OCH3 is 2. The average Bonchev–Trinajstić information content (AvgIpc) is 3.17. The monoisotopic (exact) mass is 789 g/mol. The first-order chi connectivity index (χ1) is 27.0. The summed E-state index contributed by atoms with van der Waals surface area (Å²) in [5, 5.41) is 16.7. The summed E-state index contributed by atoms with van der Waals surface area (Å²) in [7, 11) is 2.87. The van der Waals surface area contributed by atoms with Gasteiger partial charge < -0.3 is 40.6 Å². The topological polar surface area (TPSA) is 207 Å². The lowest BCUT2D eigenvalue weighted by Crippen LogP contribution is -2.47. The number of aliphatic hydroxyl groups is 1. The molecule has 1 aromatic rings. The zero-order chi connectivity index (χ0) is 42.0. The first-order valence-electron chi connectivity index (χ1n) is 19.0. The molecule has 0 spiro atoms. The van der Waals surface area contributed by atoms with E-state index < -0.39 is 59.8 Å². The van der Waals surface area contributed by atoms with E-state index in [1.807, 2.05) is 24.0 Å². The van der Waals surface area contributed by atoms with Crippen molar-refractivity contribution in [2.24, 2.45) is 17.6 Å². The maximum atomic E-state index is 14.1. The molecule has 0 aromatic heterocycles. The van der Waals surface area contributed by atoms with Gasteiger partial charge in [-0.1, -0.05) is 50.3 Å². The number of piperazine rings is 1. The van der Waals surface area contributed by atoms with Crippen LogP contribution in [0.2, 0.25) is 0 Å². The minimum atomic E-state index is -1.05. The fourth-order valence-electron chi connectivity index (χ4n) is 7.15. The Morgan fingerprint density at radius 1 is 1.00 bits per heavy atom. The molecule has 1 saturated heterocycles. The molecule has 2 bridgehead atoms. The number of amides is 4. The standard InChI is InChI=1S/C42H55N5O10/c1-24-19-31-36(45-41(53)30-13-11-29(12-14-30)23-46-15-17-47(18-16-46)28(5)48)33(49)22-32(38(31)51)44-40(52)25(2)9-8-10-34(55-6)39(57-42(43)54)27(4)21-26(3)37(50)35(20-24)56-7/h8-14,21-22,24,26,34-35,37,39,50H,15-20,23H2,1-7H3,(H2,43,54)(H,44,52)(H,45,53)/b10-8-,25-9+,27-21+/t24-,26+,34+,35+,37-,39-/m1/s1. The molecule has 0 radical (unpaired) electrons. The van der Waals surface area contributed by atoms with Crippen LogP contribution in [0, 0.1) is 11.8 Å². The molecule has 15 heteroatoms. The van der Waals surface area contributed by atoms with Crippen molar-refractivity contribution in [1.29, 1.82) is 0 Å². The highest BCUT2D eigenvalue weighted by atomic mass is 16.6. The summed E-state index contributed by atoms with van der Waals surface area (Å²) < 4.78 is 16.7. The van der Waals surface area contributed by atoms with Crippen LogP contribution in [0.1, 0.15) is 63.4 Å². The second kappa shape index (κ2) is 20.3. The number of hydrogen-bond donors (Lipinski definition) is 4. The van der Waals surface area contributed by atoms with Crippen molar-refractivity contribution in [2.45, 2.75) is 78.4 Å². The molecule has 15 nitrogen and oxygen atoms in total. The number of ketones is 2. The van der Waals surface area contributed by atoms with Crippen LogP contribution in [-0.4, -0.2) is 115 Å². The number of primary amides is 1. The number of aliphatic hydroxyl groups excluding tert-OH is 1. The summed E-state index contributed by atoms with van der Waals surface area (Å²) >= 11 is 0. The Morgan fingerprint density at radius 2 is 1.67 bits per heavy atom. The van der Waals surface area contributed by atoms with Gasteiger partial charge in [-0.05, 0) is 55.9 Å². The number of hydrogen-bond acceptors (Lipinski definition) is 11. The van der Waals surface area contributed by atoms with Gasteiger partial charge in [-0.25, -0.2) is 4.79 Å². The second-order valence-electron chi connectivity index (χ2n) is 14.9. The Bertz CT molecular complexity index is 1860. The number of carbonyl (C=O) groups is 6. The number of ether oxygens (including phenoxy) is 3. The first kappa shape index (κ1) is 44.5. The SMILES string of the molecule is CO[C@H]1/C=C\C=C(/C)C(=O)NC2=CC(=O)C(NC(=O)c3ccc(CN4CCN(C(C)=O)CC4)cc3)=C(C[C@@H](C)C[C@H](OC)[C@H](O)[C@@H](C)/C=C(\C)[C@H]1OC(N)=O)C2=O. The number of nitrogens with two attached hydrogens (primary N) is 1. The Balaban J connectivity index is 1.64. The molecule has 308 valence electrons. The van der Waals surface area contributed by atoms with Gasteiger partial charge in [0.05, 0.1) is 23.6 Å². The van der Waals surface area contributed by atoms with Gasteiger partial charge in [0.1, 0.15) is 6.10 Å². The van der Waals surface area contributed by atoms with Gasteiger partial charge in [0.25, 0.3) is 11.8 Å². The van der Waals surface area contributed by atoms with Crippen LogP contribution in [0.5, 0.6) is 0 Å². The van der Waals surface area contributed by atoms with Crippen LogP contribution in [-0.2, 0) is 39.9 Å². The minimum Gasteiger partial charge on any atom is -0.439 e. The lowest BCUT2D eigenvalue weighted by atomic mass is 9.85. The Morgan fingerprint density at radius 3 is 2.26 bits per heavy atom. The zero-order valence-corrected chi connectivity index (χ0v) is 33.7. The van der Waals surface area contributed by atoms with E-state index in [9.17, 15) is 33.9 Å². The van der Waals surface area contributed by atoms with E-state index in [0.29, 0.717) is 25.2 Å². The molecule has 2 aliphatic heterocycles. The normalized spacial score (nSPS) is 28.3. The van der Waals surface area contributed by atoms with E-state index >= 15 is 0 Å². The summed E-state index contributed by atoms with van der Waals surface area (Å²) in [6, 6.07) is 6.95. The van der Waals surface area contributed by atoms with Crippen molar-refractivity contribution in [2.75, 3.05) is 40.4 Å². The summed E-state index contributed by atoms with van der Waals surface area (Å²) in [6.07, 6.45) is 2.91. The third kappa shape index (κ3) is 11.9. The maximum absolute atomic E-state index is 14.1. The van der Waals surface area contributed by atoms with Crippen LogP contribution in [0.3, 0.4) is 0 Å². The molecule has 1 aliphatic carbocycles. The van der Waals surface area contributed by atoms with Crippen molar-refractivity contribution in [3.8, 4) is 0 Å². The largest absolute Gasteiger partial charge is 0.439 e. The van der Waals surface area contributed by atoms with Gasteiger partial charge in [0, 0.05) is 82.6 Å². The van der Waals surface area contributed by atoms with Crippen molar-refractivity contribution in [1.82, 2.24) is 20.4 Å². The van der Waals surface area contributed by atoms with Crippen LogP contribution >= 0.6 is 0 Å². The van der Waals surface area contributed by atoms with E-state index in [1.165, 1.54) is 33.3 Å². The quantitative estimate of drug-likeness (QED) is 0.233. The Labute approximate surface area is 333 Å². The fraction of sp³-hybridized carbons (Fsp3) is 0.476. The smallest absolute Gasteiger partial charge is 0.405 e. The summed E-state index contributed by atoms with van der Waals surface area (Å²) in [5.74, 6) is -3.39. The van der Waals surface area contributed by atoms with Crippen molar-refractivity contribution < 1.29 is 48.1 Å². The van der Waals surface area contributed by atoms with Crippen LogP contribution in [0.25, 0.3) is 0 Å². The van der Waals surface area contributed by atoms with Gasteiger partial charge in [-0.2, -0.15) is 0 Å². The number of rotatable bonds is 7. The van der Waals surface area contributed by atoms with Gasteiger partial charge in [-0.15, -0.1) is 0 Å². The maximum Gasteiger partial charge on any atom is 0.405 e. The number of allylic oxidation sites excluding steroid dienone is 4. The minimum absolute atomic E-state index is 0.000653. The Kier molecular flexibility index (Phi) is 15.8. The predicted molar refractivity (Wildman–Crippen MR) is 211 cm³/mol. The van der Waals surface area contributed by atoms with Crippen molar-refractivity contribution in [3.63, 3.8) is 0 Å². The number of fused-ring (bicyclic) bond motifs is 2. The molecular weight excluding hydrogens is 734 g/mol. The van der Waals surface area contributed by atoms with Crippen molar-refractivity contribution >= 4 is 35.4 Å². The van der Waals surface area contributed by atoms with Gasteiger partial charge in [-0.3, -0.25) is 28.9 Å². The van der Waals surface area contributed by atoms with Gasteiger partial charge in [0.2, 0.25) is 17.5 Å². The molecule has 1 aromatic carbocycles. The molecule has 6 atom stereocenters. The summed E-state index contributed by atoms with van der Waals surface area (Å²) in [6.45, 7) is 11.8. The number of nitrogens with one attached hydrogen (secondary N) is 2. The number of carbonyl (C=O) groups excluding carboxylic acids is 6. The molecule has 57 heavy (non-hydrogen) atoms. The first-order valence-corrected chi connectivity index (χ1v) is 19.0. The molecule has 4 rings (SSSR count). The molecule has 3 aliphatic rings. The summed E-state index contributed by atoms with van der Waals surface area (Å²) in [5.41, 5.74) is 6.90. The van der Waals surface area contributed by atoms with E-state index in [-0.39, 0.29) is 52.8 Å². The molecule has 0 saturated carbocycles. The molecule has 5 N–H and O–H groups in total. The van der Waals surface area contributed by atoms with Crippen LogP contribution < -0.4 is 16.4 Å². The average molecular weight is 790 g/mol. The number of benzene rings is 1. The molecule has 4 amide bonds. The lowest BCUT2D eigenvalue weighted by molar-refractivity contribution is -0.130. The Hall–Kier alpha value is -5.22. The van der Waals surface area contributed by atoms with Gasteiger partial charge in [0.15, 0.2) is 6.10 Å². The molecule has 1 fully saturated rings. The van der Waals surface area contributed by atoms with Crippen LogP contribution in [0.15, 0.2) is 82.8 Å². The van der Waals surface area contributed by atoms with E-state index in [2.05, 4.69) is 15.5 Å². The van der Waals surface area contributed by atoms with Gasteiger partial charge >= 0.3 is 6.09 Å². The van der Waals surface area contributed by atoms with E-state index in [0.717, 1.165) is 24.7 Å². The number of Topliss-reactive ketones (excluding diaryl/α,β-unsaturated/α-hetero) is 1. The molecule has 0 unspecified atom stereocenters.